The van der Waals surface area contributed by atoms with Crippen LogP contribution < -0.4 is 10.5 Å². The zero-order chi connectivity index (χ0) is 15.6. The molecule has 2 aromatic rings. The maximum Gasteiger partial charge on any atom is 0.140 e. The number of rotatable bonds is 4. The van der Waals surface area contributed by atoms with Crippen LogP contribution in [0, 0.1) is 6.92 Å². The molecular weight excluding hydrogens is 280 g/mol. The number of hydrogen-bond donors (Lipinski definition) is 1. The van der Waals surface area contributed by atoms with Gasteiger partial charge in [0.1, 0.15) is 17.4 Å². The van der Waals surface area contributed by atoms with Crippen LogP contribution in [0.5, 0.6) is 5.75 Å². The highest BCUT2D eigenvalue weighted by molar-refractivity contribution is 7.09. The van der Waals surface area contributed by atoms with Crippen LogP contribution >= 0.6 is 11.3 Å². The molecule has 0 fully saturated rings. The monoisotopic (exact) mass is 304 g/mol. The van der Waals surface area contributed by atoms with Crippen LogP contribution in [0.25, 0.3) is 0 Å². The van der Waals surface area contributed by atoms with Gasteiger partial charge in [-0.15, -0.1) is 11.3 Å². The maximum atomic E-state index is 6.02. The molecule has 0 aliphatic heterocycles. The fourth-order valence-electron chi connectivity index (χ4n) is 2.02. The molecule has 21 heavy (non-hydrogen) atoms. The van der Waals surface area contributed by atoms with E-state index in [0.717, 1.165) is 22.0 Å². The van der Waals surface area contributed by atoms with Crippen LogP contribution in [0.15, 0.2) is 23.6 Å². The van der Waals surface area contributed by atoms with Crippen molar-refractivity contribution in [2.45, 2.75) is 52.7 Å². The van der Waals surface area contributed by atoms with E-state index in [4.69, 9.17) is 10.5 Å². The number of benzene rings is 1. The summed E-state index contributed by atoms with van der Waals surface area (Å²) in [7, 11) is 0. The van der Waals surface area contributed by atoms with Crippen LogP contribution in [0.4, 0.5) is 0 Å². The average molecular weight is 304 g/mol. The zero-order valence-electron chi connectivity index (χ0n) is 13.4. The number of aromatic nitrogens is 1. The van der Waals surface area contributed by atoms with E-state index in [1.165, 1.54) is 5.56 Å². The summed E-state index contributed by atoms with van der Waals surface area (Å²) in [6.45, 7) is 11.0. The lowest BCUT2D eigenvalue weighted by atomic mass is 9.93. The van der Waals surface area contributed by atoms with E-state index in [-0.39, 0.29) is 11.5 Å². The molecule has 2 rings (SSSR count). The number of nitrogens with zero attached hydrogens (tertiary/aromatic N) is 1. The molecule has 0 spiro atoms. The lowest BCUT2D eigenvalue weighted by Gasteiger charge is -2.15. The van der Waals surface area contributed by atoms with E-state index in [2.05, 4.69) is 44.1 Å². The van der Waals surface area contributed by atoms with Gasteiger partial charge in [0.15, 0.2) is 0 Å². The Morgan fingerprint density at radius 3 is 2.62 bits per heavy atom. The first-order chi connectivity index (χ1) is 9.77. The van der Waals surface area contributed by atoms with Crippen molar-refractivity contribution in [2.24, 2.45) is 5.73 Å². The van der Waals surface area contributed by atoms with Crippen LogP contribution in [0.2, 0.25) is 0 Å². The van der Waals surface area contributed by atoms with Crippen molar-refractivity contribution >= 4 is 11.3 Å². The van der Waals surface area contributed by atoms with E-state index in [0.29, 0.717) is 6.61 Å². The van der Waals surface area contributed by atoms with E-state index in [9.17, 15) is 0 Å². The van der Waals surface area contributed by atoms with Crippen molar-refractivity contribution in [3.8, 4) is 5.75 Å². The van der Waals surface area contributed by atoms with Crippen molar-refractivity contribution in [3.63, 3.8) is 0 Å². The predicted octanol–water partition coefficient (Wildman–Crippen LogP) is 4.35. The largest absolute Gasteiger partial charge is 0.486 e. The molecule has 1 atom stereocenters. The second-order valence-electron chi connectivity index (χ2n) is 6.50. The van der Waals surface area contributed by atoms with Gasteiger partial charge in [0.25, 0.3) is 0 Å². The second kappa shape index (κ2) is 6.16. The molecule has 3 nitrogen and oxygen atoms in total. The highest BCUT2D eigenvalue weighted by atomic mass is 32.1. The lowest BCUT2D eigenvalue weighted by molar-refractivity contribution is 0.300. The van der Waals surface area contributed by atoms with Crippen molar-refractivity contribution in [2.75, 3.05) is 0 Å². The van der Waals surface area contributed by atoms with E-state index in [1.807, 2.05) is 19.1 Å². The third-order valence-electron chi connectivity index (χ3n) is 3.33. The van der Waals surface area contributed by atoms with Gasteiger partial charge in [-0.1, -0.05) is 38.5 Å². The Morgan fingerprint density at radius 2 is 2.05 bits per heavy atom. The van der Waals surface area contributed by atoms with Gasteiger partial charge in [-0.25, -0.2) is 4.98 Å². The first kappa shape index (κ1) is 16.0. The Labute approximate surface area is 131 Å². The number of nitrogens with two attached hydrogens (primary N) is 1. The highest BCUT2D eigenvalue weighted by Gasteiger charge is 2.17. The summed E-state index contributed by atoms with van der Waals surface area (Å²) in [5, 5.41) is 3.11. The van der Waals surface area contributed by atoms with E-state index >= 15 is 0 Å². The molecule has 0 unspecified atom stereocenters. The summed E-state index contributed by atoms with van der Waals surface area (Å²) in [6, 6.07) is 6.08. The molecule has 1 heterocycles. The van der Waals surface area contributed by atoms with Crippen LogP contribution in [0.1, 0.15) is 55.6 Å². The van der Waals surface area contributed by atoms with Crippen molar-refractivity contribution in [3.05, 3.63) is 45.4 Å². The summed E-state index contributed by atoms with van der Waals surface area (Å²) in [5.41, 5.74) is 9.45. The molecule has 2 N–H and O–H groups in total. The minimum absolute atomic E-state index is 0.0404. The smallest absolute Gasteiger partial charge is 0.140 e. The summed E-state index contributed by atoms with van der Waals surface area (Å²) in [6.07, 6.45) is 0. The fourth-order valence-corrected chi connectivity index (χ4v) is 2.95. The molecule has 0 aliphatic rings. The standard InChI is InChI=1S/C17H24N2OS/c1-11-6-7-14(13(8-11)12(2)18)20-9-16-19-15(10-21-16)17(3,4)5/h6-8,10,12H,9,18H2,1-5H3/t12-/m0/s1. The normalized spacial score (nSPS) is 13.2. The summed E-state index contributed by atoms with van der Waals surface area (Å²) in [4.78, 5) is 4.65. The Kier molecular flexibility index (Phi) is 4.69. The molecule has 0 amide bonds. The molecular formula is C17H24N2OS. The third-order valence-corrected chi connectivity index (χ3v) is 4.15. The minimum Gasteiger partial charge on any atom is -0.486 e. The van der Waals surface area contributed by atoms with Gasteiger partial charge >= 0.3 is 0 Å². The van der Waals surface area contributed by atoms with Gasteiger partial charge in [-0.05, 0) is 19.9 Å². The molecule has 114 valence electrons. The minimum atomic E-state index is -0.0404. The summed E-state index contributed by atoms with van der Waals surface area (Å²) < 4.78 is 5.93. The SMILES string of the molecule is Cc1ccc(OCc2nc(C(C)(C)C)cs2)c([C@H](C)N)c1. The Hall–Kier alpha value is -1.39. The third kappa shape index (κ3) is 4.05. The molecule has 0 saturated carbocycles. The Morgan fingerprint density at radius 1 is 1.33 bits per heavy atom. The number of aryl methyl sites for hydroxylation is 1. The van der Waals surface area contributed by atoms with Gasteiger partial charge in [-0.2, -0.15) is 0 Å². The fraction of sp³-hybridized carbons (Fsp3) is 0.471. The maximum absolute atomic E-state index is 6.02. The summed E-state index contributed by atoms with van der Waals surface area (Å²) >= 11 is 1.65. The van der Waals surface area contributed by atoms with Crippen molar-refractivity contribution in [1.82, 2.24) is 4.98 Å². The first-order valence-corrected chi connectivity index (χ1v) is 8.09. The highest BCUT2D eigenvalue weighted by Crippen LogP contribution is 2.28. The summed E-state index contributed by atoms with van der Waals surface area (Å²) in [5.74, 6) is 0.850. The van der Waals surface area contributed by atoms with E-state index < -0.39 is 0 Å². The van der Waals surface area contributed by atoms with Crippen LogP contribution in [-0.2, 0) is 12.0 Å². The molecule has 0 bridgehead atoms. The average Bonchev–Trinajstić information content (AvgIpc) is 2.85. The number of thiazole rings is 1. The quantitative estimate of drug-likeness (QED) is 0.913. The number of hydrogen-bond acceptors (Lipinski definition) is 4. The Bertz CT molecular complexity index is 611. The van der Waals surface area contributed by atoms with Crippen LogP contribution in [0.3, 0.4) is 0 Å². The van der Waals surface area contributed by atoms with Gasteiger partial charge < -0.3 is 10.5 Å². The van der Waals surface area contributed by atoms with Gasteiger partial charge in [0, 0.05) is 22.4 Å². The van der Waals surface area contributed by atoms with Gasteiger partial charge in [0.2, 0.25) is 0 Å². The van der Waals surface area contributed by atoms with Crippen molar-refractivity contribution in [1.29, 1.82) is 0 Å². The molecule has 4 heteroatoms. The molecule has 0 saturated heterocycles. The molecule has 1 aromatic carbocycles. The molecule has 0 radical (unpaired) electrons. The molecule has 1 aromatic heterocycles. The number of ether oxygens (including phenoxy) is 1. The first-order valence-electron chi connectivity index (χ1n) is 7.21. The topological polar surface area (TPSA) is 48.1 Å². The molecule has 0 aliphatic carbocycles. The van der Waals surface area contributed by atoms with Crippen molar-refractivity contribution < 1.29 is 4.74 Å². The zero-order valence-corrected chi connectivity index (χ0v) is 14.3. The van der Waals surface area contributed by atoms with Gasteiger partial charge in [0.05, 0.1) is 5.69 Å². The van der Waals surface area contributed by atoms with E-state index in [1.54, 1.807) is 11.3 Å². The second-order valence-corrected chi connectivity index (χ2v) is 7.44. The Balaban J connectivity index is 2.12. The van der Waals surface area contributed by atoms with Gasteiger partial charge in [-0.3, -0.25) is 0 Å². The predicted molar refractivity (Wildman–Crippen MR) is 88.9 cm³/mol. The van der Waals surface area contributed by atoms with Crippen LogP contribution in [-0.4, -0.2) is 4.98 Å². The lowest BCUT2D eigenvalue weighted by Crippen LogP contribution is -2.12.